The normalized spacial score (nSPS) is 35.5. The zero-order valence-corrected chi connectivity index (χ0v) is 13.5. The fourth-order valence-corrected chi connectivity index (χ4v) is 5.00. The van der Waals surface area contributed by atoms with Crippen molar-refractivity contribution < 1.29 is 0 Å². The van der Waals surface area contributed by atoms with Crippen molar-refractivity contribution in [2.75, 3.05) is 0 Å². The largest absolute Gasteiger partial charge is 0.0892 e. The van der Waals surface area contributed by atoms with Gasteiger partial charge in [0.2, 0.25) is 0 Å². The second-order valence-electron chi connectivity index (χ2n) is 7.24. The molecule has 1 saturated carbocycles. The van der Waals surface area contributed by atoms with E-state index in [-0.39, 0.29) is 0 Å². The predicted octanol–water partition coefficient (Wildman–Crippen LogP) is 6.07. The minimum absolute atomic E-state index is 0.317. The van der Waals surface area contributed by atoms with Crippen molar-refractivity contribution in [3.05, 3.63) is 21.8 Å². The Morgan fingerprint density at radius 1 is 1.17 bits per heavy atom. The molecule has 0 heterocycles. The molecule has 2 aliphatic rings. The molecule has 0 aromatic carbocycles. The number of rotatable bonds is 0. The van der Waals surface area contributed by atoms with E-state index in [0.29, 0.717) is 10.8 Å². The lowest BCUT2D eigenvalue weighted by atomic mass is 9.49. The molecule has 0 N–H and O–H groups in total. The van der Waals surface area contributed by atoms with Crippen LogP contribution in [0.15, 0.2) is 21.8 Å². The van der Waals surface area contributed by atoms with Gasteiger partial charge in [-0.25, -0.2) is 0 Å². The van der Waals surface area contributed by atoms with Gasteiger partial charge >= 0.3 is 0 Å². The van der Waals surface area contributed by atoms with E-state index < -0.39 is 0 Å². The number of halogens is 1. The third-order valence-electron chi connectivity index (χ3n) is 5.83. The first-order valence-corrected chi connectivity index (χ1v) is 7.61. The van der Waals surface area contributed by atoms with Gasteiger partial charge in [0.05, 0.1) is 0 Å². The lowest BCUT2D eigenvalue weighted by molar-refractivity contribution is 0.0555. The predicted molar refractivity (Wildman–Crippen MR) is 80.8 cm³/mol. The molecule has 0 aliphatic heterocycles. The summed E-state index contributed by atoms with van der Waals surface area (Å²) >= 11 is 6.44. The summed E-state index contributed by atoms with van der Waals surface area (Å²) < 4.78 is 0. The van der Waals surface area contributed by atoms with Crippen LogP contribution in [-0.4, -0.2) is 0 Å². The fourth-order valence-electron chi connectivity index (χ4n) is 4.68. The first-order valence-electron chi connectivity index (χ1n) is 7.24. The Hall–Kier alpha value is -0.230. The molecular formula is C17H27Cl. The minimum atomic E-state index is 0.317. The number of hydrogen-bond acceptors (Lipinski definition) is 0. The minimum Gasteiger partial charge on any atom is -0.0892 e. The monoisotopic (exact) mass is 266 g/mol. The SMILES string of the molecule is CC(C)=C1CCC2(C)C(C)=C(Cl)CCC2C1(C)C. The molecule has 0 aromatic rings. The lowest BCUT2D eigenvalue weighted by Crippen LogP contribution is -2.46. The van der Waals surface area contributed by atoms with Crippen LogP contribution in [0, 0.1) is 16.7 Å². The molecule has 0 amide bonds. The topological polar surface area (TPSA) is 0 Å². The van der Waals surface area contributed by atoms with E-state index in [0.717, 1.165) is 17.4 Å². The molecular weight excluding hydrogens is 240 g/mol. The molecule has 1 fully saturated rings. The van der Waals surface area contributed by atoms with Crippen LogP contribution in [0.25, 0.3) is 0 Å². The van der Waals surface area contributed by atoms with Gasteiger partial charge in [0.1, 0.15) is 0 Å². The number of fused-ring (bicyclic) bond motifs is 1. The van der Waals surface area contributed by atoms with Gasteiger partial charge in [0.15, 0.2) is 0 Å². The van der Waals surface area contributed by atoms with Crippen molar-refractivity contribution in [3.8, 4) is 0 Å². The van der Waals surface area contributed by atoms with Crippen molar-refractivity contribution >= 4 is 11.6 Å². The zero-order chi connectivity index (χ0) is 13.7. The first-order chi connectivity index (χ1) is 8.21. The van der Waals surface area contributed by atoms with Gasteiger partial charge in [-0.15, -0.1) is 0 Å². The molecule has 2 atom stereocenters. The lowest BCUT2D eigenvalue weighted by Gasteiger charge is -2.55. The van der Waals surface area contributed by atoms with Crippen molar-refractivity contribution in [2.45, 2.75) is 67.2 Å². The molecule has 2 unspecified atom stereocenters. The molecule has 18 heavy (non-hydrogen) atoms. The molecule has 0 nitrogen and oxygen atoms in total. The van der Waals surface area contributed by atoms with E-state index in [1.165, 1.54) is 30.4 Å². The Balaban J connectivity index is 2.50. The summed E-state index contributed by atoms with van der Waals surface area (Å²) in [4.78, 5) is 0. The summed E-state index contributed by atoms with van der Waals surface area (Å²) in [6.07, 6.45) is 4.83. The number of allylic oxidation sites excluding steroid dienone is 4. The molecule has 0 radical (unpaired) electrons. The molecule has 2 rings (SSSR count). The van der Waals surface area contributed by atoms with Gasteiger partial charge in [0.25, 0.3) is 0 Å². The Kier molecular flexibility index (Phi) is 3.47. The summed E-state index contributed by atoms with van der Waals surface area (Å²) in [6, 6.07) is 0. The van der Waals surface area contributed by atoms with Gasteiger partial charge in [-0.05, 0) is 63.2 Å². The van der Waals surface area contributed by atoms with E-state index in [4.69, 9.17) is 11.6 Å². The standard InChI is InChI=1S/C17H27Cl/c1-11(2)13-9-10-17(6)12(3)14(18)7-8-15(17)16(13,4)5/h15H,7-10H2,1-6H3. The van der Waals surface area contributed by atoms with Gasteiger partial charge in [-0.1, -0.05) is 49.1 Å². The molecule has 102 valence electrons. The summed E-state index contributed by atoms with van der Waals surface area (Å²) in [6.45, 7) is 14.2. The summed E-state index contributed by atoms with van der Waals surface area (Å²) in [5.41, 5.74) is 5.32. The molecule has 0 spiro atoms. The maximum absolute atomic E-state index is 6.44. The first kappa shape index (κ1) is 14.2. The van der Waals surface area contributed by atoms with E-state index in [9.17, 15) is 0 Å². The molecule has 0 saturated heterocycles. The highest BCUT2D eigenvalue weighted by molar-refractivity contribution is 6.30. The van der Waals surface area contributed by atoms with Crippen LogP contribution in [0.2, 0.25) is 0 Å². The van der Waals surface area contributed by atoms with Gasteiger partial charge in [-0.3, -0.25) is 0 Å². The van der Waals surface area contributed by atoms with Gasteiger partial charge in [-0.2, -0.15) is 0 Å². The number of hydrogen-bond donors (Lipinski definition) is 0. The highest BCUT2D eigenvalue weighted by Crippen LogP contribution is 2.61. The Morgan fingerprint density at radius 2 is 1.78 bits per heavy atom. The second kappa shape index (κ2) is 4.40. The van der Waals surface area contributed by atoms with E-state index in [2.05, 4.69) is 41.5 Å². The van der Waals surface area contributed by atoms with Gasteiger partial charge < -0.3 is 0 Å². The Labute approximate surface area is 117 Å². The van der Waals surface area contributed by atoms with Crippen LogP contribution in [-0.2, 0) is 0 Å². The van der Waals surface area contributed by atoms with E-state index >= 15 is 0 Å². The molecule has 2 aliphatic carbocycles. The maximum atomic E-state index is 6.44. The van der Waals surface area contributed by atoms with Crippen LogP contribution in [0.1, 0.15) is 67.2 Å². The summed E-state index contributed by atoms with van der Waals surface area (Å²) in [7, 11) is 0. The van der Waals surface area contributed by atoms with Crippen LogP contribution >= 0.6 is 11.6 Å². The van der Waals surface area contributed by atoms with E-state index in [1.54, 1.807) is 5.57 Å². The van der Waals surface area contributed by atoms with Crippen LogP contribution in [0.5, 0.6) is 0 Å². The molecule has 1 heteroatoms. The fraction of sp³-hybridized carbons (Fsp3) is 0.765. The van der Waals surface area contributed by atoms with Crippen LogP contribution in [0.4, 0.5) is 0 Å². The molecule has 0 bridgehead atoms. The quantitative estimate of drug-likeness (QED) is 0.467. The average Bonchev–Trinajstić information content (AvgIpc) is 2.24. The third kappa shape index (κ3) is 1.88. The van der Waals surface area contributed by atoms with Crippen LogP contribution < -0.4 is 0 Å². The highest BCUT2D eigenvalue weighted by Gasteiger charge is 2.51. The zero-order valence-electron chi connectivity index (χ0n) is 12.8. The summed E-state index contributed by atoms with van der Waals surface area (Å²) in [5, 5.41) is 1.13. The van der Waals surface area contributed by atoms with E-state index in [1.807, 2.05) is 0 Å². The van der Waals surface area contributed by atoms with Crippen LogP contribution in [0.3, 0.4) is 0 Å². The third-order valence-corrected chi connectivity index (χ3v) is 6.30. The smallest absolute Gasteiger partial charge is 0.0175 e. The Morgan fingerprint density at radius 3 is 2.33 bits per heavy atom. The van der Waals surface area contributed by atoms with Gasteiger partial charge in [0, 0.05) is 5.03 Å². The van der Waals surface area contributed by atoms with Crippen molar-refractivity contribution in [1.82, 2.24) is 0 Å². The van der Waals surface area contributed by atoms with Crippen molar-refractivity contribution in [1.29, 1.82) is 0 Å². The maximum Gasteiger partial charge on any atom is 0.0175 e. The average molecular weight is 267 g/mol. The second-order valence-corrected chi connectivity index (χ2v) is 7.70. The Bertz CT molecular complexity index is 421. The van der Waals surface area contributed by atoms with Crippen molar-refractivity contribution in [3.63, 3.8) is 0 Å². The highest BCUT2D eigenvalue weighted by atomic mass is 35.5. The molecule has 0 aromatic heterocycles. The summed E-state index contributed by atoms with van der Waals surface area (Å²) in [5.74, 6) is 0.742. The van der Waals surface area contributed by atoms with Crippen molar-refractivity contribution in [2.24, 2.45) is 16.7 Å².